The van der Waals surface area contributed by atoms with E-state index in [0.717, 1.165) is 6.42 Å². The third-order valence-electron chi connectivity index (χ3n) is 4.25. The predicted octanol–water partition coefficient (Wildman–Crippen LogP) is -0.284. The quantitative estimate of drug-likeness (QED) is 0.762. The van der Waals surface area contributed by atoms with E-state index in [-0.39, 0.29) is 31.0 Å². The first kappa shape index (κ1) is 17.7. The molecule has 2 unspecified atom stereocenters. The molecule has 0 aromatic rings. The van der Waals surface area contributed by atoms with E-state index in [2.05, 4.69) is 0 Å². The van der Waals surface area contributed by atoms with Gasteiger partial charge < -0.3 is 24.4 Å². The van der Waals surface area contributed by atoms with Gasteiger partial charge in [0.1, 0.15) is 6.54 Å². The molecular formula is C15H24N2O6. The van der Waals surface area contributed by atoms with Crippen LogP contribution in [0.25, 0.3) is 0 Å². The average molecular weight is 328 g/mol. The van der Waals surface area contributed by atoms with Crippen molar-refractivity contribution < 1.29 is 29.0 Å². The number of amides is 2. The molecule has 0 aromatic heterocycles. The lowest BCUT2D eigenvalue weighted by Gasteiger charge is -2.30. The molecule has 2 saturated heterocycles. The molecule has 23 heavy (non-hydrogen) atoms. The summed E-state index contributed by atoms with van der Waals surface area (Å²) in [6, 6.07) is -0.148. The van der Waals surface area contributed by atoms with Gasteiger partial charge in [-0.15, -0.1) is 0 Å². The fourth-order valence-electron chi connectivity index (χ4n) is 3.09. The number of carbonyl (C=O) groups is 3. The highest BCUT2D eigenvalue weighted by molar-refractivity contribution is 5.81. The van der Waals surface area contributed by atoms with E-state index in [1.165, 1.54) is 11.8 Å². The van der Waals surface area contributed by atoms with Gasteiger partial charge >= 0.3 is 5.97 Å². The van der Waals surface area contributed by atoms with E-state index in [9.17, 15) is 14.4 Å². The smallest absolute Gasteiger partial charge is 0.323 e. The van der Waals surface area contributed by atoms with E-state index in [4.69, 9.17) is 14.6 Å². The first-order chi connectivity index (χ1) is 11.0. The Kier molecular flexibility index (Phi) is 6.35. The molecule has 0 bridgehead atoms. The minimum Gasteiger partial charge on any atom is -0.480 e. The van der Waals surface area contributed by atoms with Crippen LogP contribution in [0, 0.1) is 0 Å². The summed E-state index contributed by atoms with van der Waals surface area (Å²) in [4.78, 5) is 38.2. The van der Waals surface area contributed by atoms with Crippen molar-refractivity contribution >= 4 is 17.8 Å². The van der Waals surface area contributed by atoms with Crippen LogP contribution < -0.4 is 0 Å². The van der Waals surface area contributed by atoms with Crippen molar-refractivity contribution in [2.75, 3.05) is 39.5 Å². The number of carbonyl (C=O) groups excluding carboxylic acids is 2. The summed E-state index contributed by atoms with van der Waals surface area (Å²) in [6.07, 6.45) is 1.45. The first-order valence-electron chi connectivity index (χ1n) is 7.96. The molecule has 0 radical (unpaired) electrons. The Hall–Kier alpha value is -1.67. The Balaban J connectivity index is 1.93. The minimum absolute atomic E-state index is 0.0852. The Morgan fingerprint density at radius 1 is 1.22 bits per heavy atom. The zero-order valence-corrected chi connectivity index (χ0v) is 13.4. The third-order valence-corrected chi connectivity index (χ3v) is 4.25. The molecule has 2 heterocycles. The van der Waals surface area contributed by atoms with Crippen LogP contribution in [-0.2, 0) is 23.9 Å². The van der Waals surface area contributed by atoms with Gasteiger partial charge in [-0.3, -0.25) is 14.4 Å². The van der Waals surface area contributed by atoms with Crippen molar-refractivity contribution in [3.63, 3.8) is 0 Å². The fourth-order valence-corrected chi connectivity index (χ4v) is 3.09. The second-order valence-electron chi connectivity index (χ2n) is 5.89. The normalized spacial score (nSPS) is 25.5. The second-order valence-corrected chi connectivity index (χ2v) is 5.89. The monoisotopic (exact) mass is 328 g/mol. The van der Waals surface area contributed by atoms with Gasteiger partial charge in [-0.05, 0) is 19.3 Å². The van der Waals surface area contributed by atoms with E-state index in [0.29, 0.717) is 39.1 Å². The molecule has 130 valence electrons. The van der Waals surface area contributed by atoms with Gasteiger partial charge in [0.2, 0.25) is 5.91 Å². The molecule has 8 nitrogen and oxygen atoms in total. The van der Waals surface area contributed by atoms with E-state index >= 15 is 0 Å². The molecule has 0 aliphatic carbocycles. The standard InChI is InChI=1S/C15H24N2O6/c1-11(18)17(9-14(19)20)12-3-2-5-16(6-4-12)15(21)13-10-22-7-8-23-13/h12-13H,2-10H2,1H3,(H,19,20). The molecule has 8 heteroatoms. The molecule has 0 aromatic carbocycles. The van der Waals surface area contributed by atoms with Gasteiger partial charge in [0.05, 0.1) is 19.8 Å². The van der Waals surface area contributed by atoms with Crippen molar-refractivity contribution in [2.24, 2.45) is 0 Å². The molecule has 2 rings (SSSR count). The molecule has 2 atom stereocenters. The topological polar surface area (TPSA) is 96.4 Å². The molecular weight excluding hydrogens is 304 g/mol. The lowest BCUT2D eigenvalue weighted by molar-refractivity contribution is -0.158. The van der Waals surface area contributed by atoms with Crippen LogP contribution in [0.5, 0.6) is 0 Å². The fraction of sp³-hybridized carbons (Fsp3) is 0.800. The van der Waals surface area contributed by atoms with Gasteiger partial charge in [0.25, 0.3) is 5.91 Å². The minimum atomic E-state index is -1.02. The van der Waals surface area contributed by atoms with Crippen LogP contribution >= 0.6 is 0 Å². The largest absolute Gasteiger partial charge is 0.480 e. The van der Waals surface area contributed by atoms with Crippen LogP contribution in [-0.4, -0.2) is 84.3 Å². The summed E-state index contributed by atoms with van der Waals surface area (Å²) >= 11 is 0. The van der Waals surface area contributed by atoms with Crippen LogP contribution in [0.4, 0.5) is 0 Å². The Bertz CT molecular complexity index is 449. The maximum Gasteiger partial charge on any atom is 0.323 e. The lowest BCUT2D eigenvalue weighted by atomic mass is 10.1. The average Bonchev–Trinajstić information content (AvgIpc) is 2.78. The summed E-state index contributed by atoms with van der Waals surface area (Å²) in [5, 5.41) is 8.96. The summed E-state index contributed by atoms with van der Waals surface area (Å²) in [6.45, 7) is 3.37. The number of ether oxygens (including phenoxy) is 2. The van der Waals surface area contributed by atoms with Gasteiger partial charge in [-0.2, -0.15) is 0 Å². The van der Waals surface area contributed by atoms with E-state index < -0.39 is 12.1 Å². The summed E-state index contributed by atoms with van der Waals surface area (Å²) in [5.74, 6) is -1.36. The van der Waals surface area contributed by atoms with Crippen molar-refractivity contribution in [3.8, 4) is 0 Å². The summed E-state index contributed by atoms with van der Waals surface area (Å²) < 4.78 is 10.7. The Labute approximate surface area is 135 Å². The van der Waals surface area contributed by atoms with Crippen molar-refractivity contribution in [2.45, 2.75) is 38.3 Å². The number of nitrogens with zero attached hydrogens (tertiary/aromatic N) is 2. The number of hydrogen-bond donors (Lipinski definition) is 1. The number of aliphatic carboxylic acids is 1. The maximum absolute atomic E-state index is 12.4. The first-order valence-corrected chi connectivity index (χ1v) is 7.96. The second kappa shape index (κ2) is 8.26. The lowest BCUT2D eigenvalue weighted by Crippen LogP contribution is -2.46. The van der Waals surface area contributed by atoms with E-state index in [1.807, 2.05) is 0 Å². The molecule has 2 fully saturated rings. The van der Waals surface area contributed by atoms with Crippen LogP contribution in [0.3, 0.4) is 0 Å². The van der Waals surface area contributed by atoms with Crippen LogP contribution in [0.1, 0.15) is 26.2 Å². The van der Waals surface area contributed by atoms with Crippen LogP contribution in [0.2, 0.25) is 0 Å². The highest BCUT2D eigenvalue weighted by Gasteiger charge is 2.31. The number of hydrogen-bond acceptors (Lipinski definition) is 5. The van der Waals surface area contributed by atoms with Gasteiger partial charge in [0.15, 0.2) is 6.10 Å². The maximum atomic E-state index is 12.4. The molecule has 2 amide bonds. The van der Waals surface area contributed by atoms with Crippen LogP contribution in [0.15, 0.2) is 0 Å². The molecule has 2 aliphatic heterocycles. The highest BCUT2D eigenvalue weighted by Crippen LogP contribution is 2.18. The molecule has 1 N–H and O–H groups in total. The van der Waals surface area contributed by atoms with Gasteiger partial charge in [-0.1, -0.05) is 0 Å². The number of rotatable bonds is 4. The SMILES string of the molecule is CC(=O)N(CC(=O)O)C1CCCN(C(=O)C2COCCO2)CC1. The number of likely N-dealkylation sites (tertiary alicyclic amines) is 1. The number of carboxylic acids is 1. The van der Waals surface area contributed by atoms with Gasteiger partial charge in [0, 0.05) is 26.1 Å². The zero-order valence-electron chi connectivity index (χ0n) is 13.4. The van der Waals surface area contributed by atoms with Crippen molar-refractivity contribution in [3.05, 3.63) is 0 Å². The molecule has 0 spiro atoms. The molecule has 2 aliphatic rings. The molecule has 0 saturated carbocycles. The Morgan fingerprint density at radius 2 is 2.00 bits per heavy atom. The van der Waals surface area contributed by atoms with Crippen molar-refractivity contribution in [1.82, 2.24) is 9.80 Å². The van der Waals surface area contributed by atoms with Gasteiger partial charge in [-0.25, -0.2) is 0 Å². The predicted molar refractivity (Wildman–Crippen MR) is 79.8 cm³/mol. The number of carboxylic acid groups (broad SMARTS) is 1. The van der Waals surface area contributed by atoms with Crippen molar-refractivity contribution in [1.29, 1.82) is 0 Å². The Morgan fingerprint density at radius 3 is 2.61 bits per heavy atom. The zero-order chi connectivity index (χ0) is 16.8. The summed E-state index contributed by atoms with van der Waals surface area (Å²) in [7, 11) is 0. The third kappa shape index (κ3) is 4.90. The summed E-state index contributed by atoms with van der Waals surface area (Å²) in [5.41, 5.74) is 0. The highest BCUT2D eigenvalue weighted by atomic mass is 16.6. The van der Waals surface area contributed by atoms with E-state index in [1.54, 1.807) is 4.90 Å².